The summed E-state index contributed by atoms with van der Waals surface area (Å²) in [6.45, 7) is 2.29. The first-order chi connectivity index (χ1) is 11.5. The summed E-state index contributed by atoms with van der Waals surface area (Å²) in [5, 5.41) is 2.87. The van der Waals surface area contributed by atoms with Crippen LogP contribution < -0.4 is 16.0 Å². The van der Waals surface area contributed by atoms with Crippen LogP contribution in [0.5, 0.6) is 0 Å². The largest absolute Gasteiger partial charge is 0.399 e. The van der Waals surface area contributed by atoms with E-state index in [-0.39, 0.29) is 30.6 Å². The van der Waals surface area contributed by atoms with E-state index in [2.05, 4.69) is 5.32 Å². The molecular formula is C19H22ClN3O2. The van der Waals surface area contributed by atoms with Gasteiger partial charge in [-0.1, -0.05) is 24.3 Å². The van der Waals surface area contributed by atoms with Crippen molar-refractivity contribution >= 4 is 41.3 Å². The van der Waals surface area contributed by atoms with Gasteiger partial charge in [0.05, 0.1) is 0 Å². The van der Waals surface area contributed by atoms with Crippen LogP contribution in [0.3, 0.4) is 0 Å². The van der Waals surface area contributed by atoms with Gasteiger partial charge in [-0.3, -0.25) is 9.59 Å². The Bertz CT molecular complexity index is 792. The number of anilines is 3. The lowest BCUT2D eigenvalue weighted by atomic mass is 10.0. The molecule has 132 valence electrons. The maximum atomic E-state index is 12.2. The van der Waals surface area contributed by atoms with Crippen molar-refractivity contribution in [3.63, 3.8) is 0 Å². The van der Waals surface area contributed by atoms with Crippen LogP contribution in [0.4, 0.5) is 17.1 Å². The van der Waals surface area contributed by atoms with E-state index < -0.39 is 0 Å². The summed E-state index contributed by atoms with van der Waals surface area (Å²) < 4.78 is 0. The number of para-hydroxylation sites is 1. The lowest BCUT2D eigenvalue weighted by Crippen LogP contribution is -2.37. The Labute approximate surface area is 153 Å². The number of hydrogen-bond donors (Lipinski definition) is 2. The lowest BCUT2D eigenvalue weighted by Gasteiger charge is -2.29. The van der Waals surface area contributed by atoms with Gasteiger partial charge in [0.15, 0.2) is 0 Å². The second-order valence-corrected chi connectivity index (χ2v) is 6.05. The van der Waals surface area contributed by atoms with Gasteiger partial charge in [0.2, 0.25) is 11.8 Å². The molecule has 0 atom stereocenters. The highest BCUT2D eigenvalue weighted by molar-refractivity contribution is 5.98. The summed E-state index contributed by atoms with van der Waals surface area (Å²) in [7, 11) is 0. The molecule has 1 heterocycles. The minimum absolute atomic E-state index is 0. The van der Waals surface area contributed by atoms with E-state index in [0.717, 1.165) is 23.2 Å². The second-order valence-electron chi connectivity index (χ2n) is 6.05. The Hall–Kier alpha value is -2.53. The Morgan fingerprint density at radius 2 is 1.96 bits per heavy atom. The number of nitrogens with one attached hydrogen (secondary N) is 1. The maximum Gasteiger partial charge on any atom is 0.227 e. The number of carbonyl (C=O) groups excluding carboxylic acids is 2. The molecule has 6 heteroatoms. The molecule has 0 fully saturated rings. The van der Waals surface area contributed by atoms with E-state index in [1.54, 1.807) is 17.0 Å². The minimum Gasteiger partial charge on any atom is -0.399 e. The fourth-order valence-electron chi connectivity index (χ4n) is 2.94. The third kappa shape index (κ3) is 4.31. The average molecular weight is 360 g/mol. The summed E-state index contributed by atoms with van der Waals surface area (Å²) in [5.74, 6) is -0.0545. The molecule has 2 aromatic rings. The smallest absolute Gasteiger partial charge is 0.227 e. The molecule has 3 rings (SSSR count). The van der Waals surface area contributed by atoms with Crippen molar-refractivity contribution in [3.05, 3.63) is 53.6 Å². The predicted octanol–water partition coefficient (Wildman–Crippen LogP) is 3.31. The Balaban J connectivity index is 0.00000225. The number of nitrogens with zero attached hydrogens (tertiary/aromatic N) is 1. The normalized spacial score (nSPS) is 13.0. The molecule has 2 aromatic carbocycles. The minimum atomic E-state index is -0.125. The summed E-state index contributed by atoms with van der Waals surface area (Å²) in [6.07, 6.45) is 1.50. The summed E-state index contributed by atoms with van der Waals surface area (Å²) in [4.78, 5) is 26.2. The third-order valence-corrected chi connectivity index (χ3v) is 4.29. The van der Waals surface area contributed by atoms with Crippen LogP contribution in [0.2, 0.25) is 0 Å². The number of nitrogen functional groups attached to an aromatic ring is 1. The third-order valence-electron chi connectivity index (χ3n) is 4.29. The van der Waals surface area contributed by atoms with Crippen molar-refractivity contribution in [1.82, 2.24) is 0 Å². The fourth-order valence-corrected chi connectivity index (χ4v) is 2.94. The zero-order valence-corrected chi connectivity index (χ0v) is 14.9. The van der Waals surface area contributed by atoms with Crippen LogP contribution in [-0.4, -0.2) is 18.4 Å². The van der Waals surface area contributed by atoms with Crippen LogP contribution in [0.1, 0.15) is 24.0 Å². The highest BCUT2D eigenvalue weighted by atomic mass is 35.5. The molecule has 5 nitrogen and oxygen atoms in total. The molecule has 2 amide bonds. The molecule has 0 unspecified atom stereocenters. The van der Waals surface area contributed by atoms with Gasteiger partial charge in [0.25, 0.3) is 0 Å². The Morgan fingerprint density at radius 3 is 2.76 bits per heavy atom. The van der Waals surface area contributed by atoms with Crippen molar-refractivity contribution in [2.24, 2.45) is 0 Å². The van der Waals surface area contributed by atoms with Gasteiger partial charge < -0.3 is 16.0 Å². The molecule has 0 bridgehead atoms. The van der Waals surface area contributed by atoms with Crippen LogP contribution in [0.15, 0.2) is 42.5 Å². The SMILES string of the molecule is Cc1ccc(N)cc1NC(=O)CCN1C(=O)CCc2ccccc21.Cl. The monoisotopic (exact) mass is 359 g/mol. The number of benzene rings is 2. The molecule has 3 N–H and O–H groups in total. The molecule has 0 spiro atoms. The van der Waals surface area contributed by atoms with Crippen LogP contribution in [0, 0.1) is 6.92 Å². The number of aryl methyl sites for hydroxylation is 2. The standard InChI is InChI=1S/C19H21N3O2.ClH/c1-13-6-8-15(20)12-16(13)21-18(23)10-11-22-17-5-3-2-4-14(17)7-9-19(22)24;/h2-6,8,12H,7,9-11,20H2,1H3,(H,21,23);1H. The van der Waals surface area contributed by atoms with E-state index in [1.807, 2.05) is 37.3 Å². The number of rotatable bonds is 4. The first-order valence-electron chi connectivity index (χ1n) is 8.09. The first-order valence-corrected chi connectivity index (χ1v) is 8.09. The molecule has 25 heavy (non-hydrogen) atoms. The molecule has 0 aliphatic carbocycles. The van der Waals surface area contributed by atoms with Crippen molar-refractivity contribution in [3.8, 4) is 0 Å². The summed E-state index contributed by atoms with van der Waals surface area (Å²) >= 11 is 0. The zero-order valence-electron chi connectivity index (χ0n) is 14.1. The molecule has 0 aromatic heterocycles. The first kappa shape index (κ1) is 18.8. The molecule has 0 saturated heterocycles. The number of carbonyl (C=O) groups is 2. The van der Waals surface area contributed by atoms with E-state index in [9.17, 15) is 9.59 Å². The van der Waals surface area contributed by atoms with Crippen molar-refractivity contribution in [2.45, 2.75) is 26.2 Å². The molecule has 0 saturated carbocycles. The Kier molecular flexibility index (Phi) is 6.04. The maximum absolute atomic E-state index is 12.2. The van der Waals surface area contributed by atoms with Crippen molar-refractivity contribution < 1.29 is 9.59 Å². The average Bonchev–Trinajstić information content (AvgIpc) is 2.57. The second kappa shape index (κ2) is 8.03. The van der Waals surface area contributed by atoms with Crippen LogP contribution >= 0.6 is 12.4 Å². The topological polar surface area (TPSA) is 75.4 Å². The van der Waals surface area contributed by atoms with Crippen LogP contribution in [-0.2, 0) is 16.0 Å². The number of nitrogens with two attached hydrogens (primary N) is 1. The fraction of sp³-hybridized carbons (Fsp3) is 0.263. The van der Waals surface area contributed by atoms with Gasteiger partial charge in [-0.15, -0.1) is 12.4 Å². The van der Waals surface area contributed by atoms with Gasteiger partial charge in [-0.05, 0) is 42.7 Å². The van der Waals surface area contributed by atoms with E-state index in [4.69, 9.17) is 5.73 Å². The quantitative estimate of drug-likeness (QED) is 0.822. The van der Waals surface area contributed by atoms with Crippen molar-refractivity contribution in [1.29, 1.82) is 0 Å². The molecular weight excluding hydrogens is 338 g/mol. The van der Waals surface area contributed by atoms with Gasteiger partial charge in [0, 0.05) is 36.4 Å². The molecule has 1 aliphatic rings. The van der Waals surface area contributed by atoms with Gasteiger partial charge in [-0.25, -0.2) is 0 Å². The molecule has 1 aliphatic heterocycles. The van der Waals surface area contributed by atoms with Crippen molar-refractivity contribution in [2.75, 3.05) is 22.5 Å². The number of hydrogen-bond acceptors (Lipinski definition) is 3. The number of amides is 2. The van der Waals surface area contributed by atoms with Gasteiger partial charge >= 0.3 is 0 Å². The predicted molar refractivity (Wildman–Crippen MR) is 103 cm³/mol. The van der Waals surface area contributed by atoms with E-state index in [0.29, 0.717) is 24.3 Å². The summed E-state index contributed by atoms with van der Waals surface area (Å²) in [6, 6.07) is 13.3. The zero-order chi connectivity index (χ0) is 17.1. The van der Waals surface area contributed by atoms with Crippen LogP contribution in [0.25, 0.3) is 0 Å². The van der Waals surface area contributed by atoms with Gasteiger partial charge in [0.1, 0.15) is 0 Å². The number of fused-ring (bicyclic) bond motifs is 1. The summed E-state index contributed by atoms with van der Waals surface area (Å²) in [5.41, 5.74) is 10.1. The Morgan fingerprint density at radius 1 is 1.20 bits per heavy atom. The van der Waals surface area contributed by atoms with Gasteiger partial charge in [-0.2, -0.15) is 0 Å². The van der Waals surface area contributed by atoms with E-state index in [1.165, 1.54) is 0 Å². The highest BCUT2D eigenvalue weighted by Crippen LogP contribution is 2.27. The highest BCUT2D eigenvalue weighted by Gasteiger charge is 2.24. The lowest BCUT2D eigenvalue weighted by molar-refractivity contribution is -0.119. The molecule has 0 radical (unpaired) electrons. The number of halogens is 1. The van der Waals surface area contributed by atoms with E-state index >= 15 is 0 Å².